The third kappa shape index (κ3) is 6.46. The van der Waals surface area contributed by atoms with Gasteiger partial charge in [0.05, 0.1) is 18.7 Å². The van der Waals surface area contributed by atoms with Crippen molar-refractivity contribution in [3.8, 4) is 17.2 Å². The second kappa shape index (κ2) is 12.7. The van der Waals surface area contributed by atoms with Gasteiger partial charge in [-0.15, -0.1) is 0 Å². The molecule has 32 heavy (non-hydrogen) atoms. The van der Waals surface area contributed by atoms with Crippen LogP contribution in [0, 0.1) is 12.8 Å². The fraction of sp³-hybridized carbons (Fsp3) is 0.407. The Balaban J connectivity index is 0.00000176. The largest absolute Gasteiger partial charge is 0.493 e. The van der Waals surface area contributed by atoms with E-state index < -0.39 is 5.97 Å². The lowest BCUT2D eigenvalue weighted by atomic mass is 9.80. The van der Waals surface area contributed by atoms with Crippen LogP contribution in [0.1, 0.15) is 63.3 Å². The first kappa shape index (κ1) is 25.2. The highest BCUT2D eigenvalue weighted by Gasteiger charge is 2.27. The van der Waals surface area contributed by atoms with Gasteiger partial charge in [0.2, 0.25) is 5.89 Å². The lowest BCUT2D eigenvalue weighted by molar-refractivity contribution is -0.142. The van der Waals surface area contributed by atoms with Crippen LogP contribution in [0.4, 0.5) is 0 Å². The Hall–Kier alpha value is -3.08. The van der Waals surface area contributed by atoms with Crippen molar-refractivity contribution in [1.29, 1.82) is 0 Å². The molecule has 0 spiro atoms. The van der Waals surface area contributed by atoms with E-state index in [9.17, 15) is 9.90 Å². The summed E-state index contributed by atoms with van der Waals surface area (Å²) in [5.74, 6) is 1.07. The van der Waals surface area contributed by atoms with Crippen LogP contribution in [0.3, 0.4) is 0 Å². The van der Waals surface area contributed by atoms with Crippen LogP contribution in [-0.4, -0.2) is 22.7 Å². The van der Waals surface area contributed by atoms with E-state index in [2.05, 4.69) is 4.98 Å². The number of aromatic nitrogens is 1. The predicted molar refractivity (Wildman–Crippen MR) is 128 cm³/mol. The summed E-state index contributed by atoms with van der Waals surface area (Å²) in [7, 11) is 0. The van der Waals surface area contributed by atoms with Gasteiger partial charge in [-0.2, -0.15) is 0 Å². The minimum atomic E-state index is -0.731. The Morgan fingerprint density at radius 3 is 2.41 bits per heavy atom. The number of oxazole rings is 1. The molecule has 0 bridgehead atoms. The van der Waals surface area contributed by atoms with Crippen molar-refractivity contribution in [1.82, 2.24) is 4.98 Å². The van der Waals surface area contributed by atoms with Gasteiger partial charge in [0, 0.05) is 12.0 Å². The van der Waals surface area contributed by atoms with Crippen LogP contribution in [-0.2, 0) is 11.2 Å². The number of carboxylic acid groups (broad SMARTS) is 1. The second-order valence-corrected chi connectivity index (χ2v) is 7.48. The van der Waals surface area contributed by atoms with Gasteiger partial charge in [-0.25, -0.2) is 4.98 Å². The lowest BCUT2D eigenvalue weighted by Crippen LogP contribution is -2.21. The monoisotopic (exact) mass is 437 g/mol. The zero-order valence-corrected chi connectivity index (χ0v) is 19.8. The molecule has 3 aromatic rings. The number of hydrogen-bond donors (Lipinski definition) is 1. The van der Waals surface area contributed by atoms with Crippen LogP contribution in [0.2, 0.25) is 0 Å². The molecule has 1 heterocycles. The smallest absolute Gasteiger partial charge is 0.307 e. The van der Waals surface area contributed by atoms with Gasteiger partial charge < -0.3 is 14.3 Å². The first-order chi connectivity index (χ1) is 15.5. The summed E-state index contributed by atoms with van der Waals surface area (Å²) in [4.78, 5) is 15.9. The molecule has 2 atom stereocenters. The van der Waals surface area contributed by atoms with E-state index in [4.69, 9.17) is 9.15 Å². The van der Waals surface area contributed by atoms with Crippen molar-refractivity contribution in [2.45, 2.75) is 59.8 Å². The zero-order chi connectivity index (χ0) is 23.5. The molecule has 1 aromatic heterocycles. The number of rotatable bonds is 10. The average Bonchev–Trinajstić information content (AvgIpc) is 3.28. The molecule has 0 radical (unpaired) electrons. The van der Waals surface area contributed by atoms with Gasteiger partial charge in [0.1, 0.15) is 11.5 Å². The molecular weight excluding hydrogens is 402 g/mol. The molecular formula is C27H35NO4. The van der Waals surface area contributed by atoms with E-state index in [1.165, 1.54) is 0 Å². The van der Waals surface area contributed by atoms with Crippen LogP contribution < -0.4 is 4.74 Å². The Morgan fingerprint density at radius 2 is 1.81 bits per heavy atom. The van der Waals surface area contributed by atoms with Gasteiger partial charge in [0.25, 0.3) is 0 Å². The Bertz CT molecular complexity index is 965. The molecule has 0 aliphatic rings. The Kier molecular flexibility index (Phi) is 9.99. The van der Waals surface area contributed by atoms with Gasteiger partial charge in [-0.05, 0) is 61.1 Å². The topological polar surface area (TPSA) is 72.6 Å². The van der Waals surface area contributed by atoms with Crippen LogP contribution >= 0.6 is 0 Å². The summed E-state index contributed by atoms with van der Waals surface area (Å²) in [6, 6.07) is 15.7. The number of aliphatic carboxylic acids is 1. The van der Waals surface area contributed by atoms with Crippen LogP contribution in [0.5, 0.6) is 5.75 Å². The predicted octanol–water partition coefficient (Wildman–Crippen LogP) is 6.90. The minimum absolute atomic E-state index is 0.00662. The fourth-order valence-corrected chi connectivity index (χ4v) is 3.91. The van der Waals surface area contributed by atoms with Gasteiger partial charge in [-0.3, -0.25) is 4.79 Å². The van der Waals surface area contributed by atoms with E-state index >= 15 is 0 Å². The van der Waals surface area contributed by atoms with Crippen molar-refractivity contribution in [3.05, 3.63) is 71.6 Å². The van der Waals surface area contributed by atoms with Gasteiger partial charge >= 0.3 is 5.97 Å². The molecule has 5 nitrogen and oxygen atoms in total. The van der Waals surface area contributed by atoms with Crippen LogP contribution in [0.25, 0.3) is 11.5 Å². The van der Waals surface area contributed by atoms with E-state index in [1.807, 2.05) is 83.1 Å². The van der Waals surface area contributed by atoms with Gasteiger partial charge in [0.15, 0.2) is 0 Å². The lowest BCUT2D eigenvalue weighted by Gasteiger charge is -2.24. The summed E-state index contributed by atoms with van der Waals surface area (Å²) >= 11 is 0. The van der Waals surface area contributed by atoms with Crippen LogP contribution in [0.15, 0.2) is 59.1 Å². The third-order valence-corrected chi connectivity index (χ3v) is 5.51. The molecule has 0 amide bonds. The van der Waals surface area contributed by atoms with Gasteiger partial charge in [-0.1, -0.05) is 52.0 Å². The van der Waals surface area contributed by atoms with Crippen molar-refractivity contribution in [2.75, 3.05) is 6.61 Å². The number of carboxylic acids is 1. The molecule has 172 valence electrons. The fourth-order valence-electron chi connectivity index (χ4n) is 3.91. The Morgan fingerprint density at radius 1 is 1.09 bits per heavy atom. The molecule has 0 saturated heterocycles. The first-order valence-electron chi connectivity index (χ1n) is 11.5. The maximum Gasteiger partial charge on any atom is 0.307 e. The molecule has 2 unspecified atom stereocenters. The summed E-state index contributed by atoms with van der Waals surface area (Å²) in [5.41, 5.74) is 3.10. The molecule has 1 N–H and O–H groups in total. The van der Waals surface area contributed by atoms with E-state index in [1.54, 1.807) is 6.20 Å². The molecule has 0 saturated carbocycles. The van der Waals surface area contributed by atoms with Crippen molar-refractivity contribution >= 4 is 5.97 Å². The molecule has 2 aromatic carbocycles. The summed E-state index contributed by atoms with van der Waals surface area (Å²) in [6.45, 7) is 10.5. The number of carbonyl (C=O) groups is 1. The maximum atomic E-state index is 11.6. The standard InChI is InChI=1S/C25H29NO4.C2H6/c1-4-21(22(5-2)25(27)28)23-12-11-19(15-17(23)3)29-14-13-20-16-26-24(30-20)18-9-7-6-8-10-18;1-2/h6-12,15-16,21-22H,4-5,13-14H2,1-3H3,(H,27,28);1-2H3. The van der Waals surface area contributed by atoms with Crippen molar-refractivity contribution in [3.63, 3.8) is 0 Å². The highest BCUT2D eigenvalue weighted by atomic mass is 16.5. The second-order valence-electron chi connectivity index (χ2n) is 7.48. The summed E-state index contributed by atoms with van der Waals surface area (Å²) in [5, 5.41) is 9.54. The SMILES string of the molecule is CC.CCC(C(=O)O)C(CC)c1ccc(OCCc2cnc(-c3ccccc3)o2)cc1C. The number of hydrogen-bond acceptors (Lipinski definition) is 4. The summed E-state index contributed by atoms with van der Waals surface area (Å²) in [6.07, 6.45) is 3.77. The van der Waals surface area contributed by atoms with Crippen molar-refractivity contribution < 1.29 is 19.1 Å². The molecule has 0 aliphatic heterocycles. The average molecular weight is 438 g/mol. The Labute approximate surface area is 191 Å². The third-order valence-electron chi connectivity index (χ3n) is 5.51. The summed E-state index contributed by atoms with van der Waals surface area (Å²) < 4.78 is 11.7. The first-order valence-corrected chi connectivity index (χ1v) is 11.5. The maximum absolute atomic E-state index is 11.6. The minimum Gasteiger partial charge on any atom is -0.493 e. The van der Waals surface area contributed by atoms with Crippen molar-refractivity contribution in [2.24, 2.45) is 5.92 Å². The normalized spacial score (nSPS) is 12.4. The molecule has 5 heteroatoms. The molecule has 3 rings (SSSR count). The highest BCUT2D eigenvalue weighted by Crippen LogP contribution is 2.34. The highest BCUT2D eigenvalue weighted by molar-refractivity contribution is 5.71. The molecule has 0 fully saturated rings. The zero-order valence-electron chi connectivity index (χ0n) is 19.8. The number of aryl methyl sites for hydroxylation is 1. The van der Waals surface area contributed by atoms with E-state index in [-0.39, 0.29) is 11.8 Å². The molecule has 0 aliphatic carbocycles. The van der Waals surface area contributed by atoms with E-state index in [0.29, 0.717) is 25.3 Å². The quantitative estimate of drug-likeness (QED) is 0.373. The van der Waals surface area contributed by atoms with E-state index in [0.717, 1.165) is 34.6 Å². The number of nitrogens with zero attached hydrogens (tertiary/aromatic N) is 1. The number of benzene rings is 2. The number of ether oxygens (including phenoxy) is 1.